The van der Waals surface area contributed by atoms with Gasteiger partial charge in [-0.15, -0.1) is 0 Å². The number of ether oxygens (including phenoxy) is 3. The van der Waals surface area contributed by atoms with Gasteiger partial charge >= 0.3 is 0 Å². The quantitative estimate of drug-likeness (QED) is 0.579. The molecule has 2 saturated heterocycles. The summed E-state index contributed by atoms with van der Waals surface area (Å²) in [6, 6.07) is 6.75. The SMILES string of the molecule is CCNC(=NCC1CN2CCCC2CO1)NCCc1ccc2c(c1)OCO2. The highest BCUT2D eigenvalue weighted by Gasteiger charge is 2.31. The van der Waals surface area contributed by atoms with E-state index in [4.69, 9.17) is 19.2 Å². The number of nitrogens with one attached hydrogen (secondary N) is 2. The second kappa shape index (κ2) is 8.80. The largest absolute Gasteiger partial charge is 0.454 e. The van der Waals surface area contributed by atoms with Crippen LogP contribution < -0.4 is 20.1 Å². The summed E-state index contributed by atoms with van der Waals surface area (Å²) in [7, 11) is 0. The first kappa shape index (κ1) is 18.4. The Morgan fingerprint density at radius 3 is 3.11 bits per heavy atom. The van der Waals surface area contributed by atoms with Crippen LogP contribution in [0.1, 0.15) is 25.3 Å². The van der Waals surface area contributed by atoms with Crippen LogP contribution in [0.15, 0.2) is 23.2 Å². The molecule has 0 saturated carbocycles. The van der Waals surface area contributed by atoms with Gasteiger partial charge in [-0.2, -0.15) is 0 Å². The first-order chi connectivity index (χ1) is 13.3. The molecule has 0 spiro atoms. The van der Waals surface area contributed by atoms with Gasteiger partial charge in [-0.3, -0.25) is 9.89 Å². The molecular formula is C20H30N4O3. The molecule has 7 nitrogen and oxygen atoms in total. The lowest BCUT2D eigenvalue weighted by atomic mass is 10.1. The van der Waals surface area contributed by atoms with Crippen LogP contribution in [0.5, 0.6) is 11.5 Å². The van der Waals surface area contributed by atoms with Gasteiger partial charge in [0.1, 0.15) is 0 Å². The van der Waals surface area contributed by atoms with Crippen LogP contribution in [0.2, 0.25) is 0 Å². The van der Waals surface area contributed by atoms with E-state index in [0.717, 1.165) is 50.1 Å². The van der Waals surface area contributed by atoms with E-state index >= 15 is 0 Å². The minimum Gasteiger partial charge on any atom is -0.454 e. The number of benzene rings is 1. The number of rotatable bonds is 6. The third-order valence-corrected chi connectivity index (χ3v) is 5.40. The molecule has 2 atom stereocenters. The Balaban J connectivity index is 1.25. The number of aliphatic imine (C=N–C) groups is 1. The molecule has 7 heteroatoms. The van der Waals surface area contributed by atoms with Crippen molar-refractivity contribution in [3.63, 3.8) is 0 Å². The molecule has 4 rings (SSSR count). The van der Waals surface area contributed by atoms with E-state index < -0.39 is 0 Å². The van der Waals surface area contributed by atoms with Gasteiger partial charge in [0.05, 0.1) is 19.3 Å². The van der Waals surface area contributed by atoms with Crippen molar-refractivity contribution in [2.24, 2.45) is 4.99 Å². The zero-order chi connectivity index (χ0) is 18.5. The maximum Gasteiger partial charge on any atom is 0.231 e. The zero-order valence-electron chi connectivity index (χ0n) is 16.1. The molecular weight excluding hydrogens is 344 g/mol. The summed E-state index contributed by atoms with van der Waals surface area (Å²) in [6.07, 6.45) is 3.67. The molecule has 3 heterocycles. The highest BCUT2D eigenvalue weighted by Crippen LogP contribution is 2.32. The molecule has 0 aromatic heterocycles. The normalized spacial score (nSPS) is 24.7. The van der Waals surface area contributed by atoms with Crippen molar-refractivity contribution in [3.8, 4) is 11.5 Å². The zero-order valence-corrected chi connectivity index (χ0v) is 16.1. The number of hydrogen-bond donors (Lipinski definition) is 2. The van der Waals surface area contributed by atoms with Crippen molar-refractivity contribution < 1.29 is 14.2 Å². The lowest BCUT2D eigenvalue weighted by molar-refractivity contribution is -0.0432. The summed E-state index contributed by atoms with van der Waals surface area (Å²) in [5, 5.41) is 6.74. The van der Waals surface area contributed by atoms with Crippen LogP contribution in [0, 0.1) is 0 Å². The average molecular weight is 374 g/mol. The van der Waals surface area contributed by atoms with Crippen LogP contribution in [0.4, 0.5) is 0 Å². The van der Waals surface area contributed by atoms with E-state index in [1.165, 1.54) is 24.9 Å². The summed E-state index contributed by atoms with van der Waals surface area (Å²) in [6.45, 7) is 7.82. The van der Waals surface area contributed by atoms with Gasteiger partial charge in [0.2, 0.25) is 6.79 Å². The number of nitrogens with zero attached hydrogens (tertiary/aromatic N) is 2. The summed E-state index contributed by atoms with van der Waals surface area (Å²) < 4.78 is 16.8. The molecule has 3 aliphatic heterocycles. The Labute approximate surface area is 161 Å². The van der Waals surface area contributed by atoms with Gasteiger partial charge < -0.3 is 24.8 Å². The fraction of sp³-hybridized carbons (Fsp3) is 0.650. The molecule has 148 valence electrons. The standard InChI is InChI=1S/C20H30N4O3/c1-2-21-20(23-11-17-12-24-9-3-4-16(24)13-25-17)22-8-7-15-5-6-18-19(10-15)27-14-26-18/h5-6,10,16-17H,2-4,7-9,11-14H2,1H3,(H2,21,22,23). The first-order valence-corrected chi connectivity index (χ1v) is 10.1. The number of fused-ring (bicyclic) bond motifs is 2. The fourth-order valence-electron chi connectivity index (χ4n) is 3.95. The smallest absolute Gasteiger partial charge is 0.231 e. The van der Waals surface area contributed by atoms with E-state index in [1.807, 2.05) is 6.07 Å². The van der Waals surface area contributed by atoms with Gasteiger partial charge in [-0.25, -0.2) is 0 Å². The molecule has 27 heavy (non-hydrogen) atoms. The molecule has 1 aromatic carbocycles. The monoisotopic (exact) mass is 374 g/mol. The molecule has 0 bridgehead atoms. The second-order valence-corrected chi connectivity index (χ2v) is 7.33. The molecule has 2 fully saturated rings. The van der Waals surface area contributed by atoms with E-state index in [1.54, 1.807) is 0 Å². The summed E-state index contributed by atoms with van der Waals surface area (Å²) in [5.74, 6) is 2.52. The van der Waals surface area contributed by atoms with Gasteiger partial charge in [-0.1, -0.05) is 6.07 Å². The molecule has 0 radical (unpaired) electrons. The lowest BCUT2D eigenvalue weighted by Gasteiger charge is -2.34. The maximum absolute atomic E-state index is 6.01. The van der Waals surface area contributed by atoms with Crippen molar-refractivity contribution in [1.29, 1.82) is 0 Å². The molecule has 0 aliphatic carbocycles. The van der Waals surface area contributed by atoms with Crippen LogP contribution in [-0.2, 0) is 11.2 Å². The highest BCUT2D eigenvalue weighted by atomic mass is 16.7. The predicted octanol–water partition coefficient (Wildman–Crippen LogP) is 1.38. The molecule has 2 unspecified atom stereocenters. The van der Waals surface area contributed by atoms with E-state index in [2.05, 4.69) is 34.6 Å². The highest BCUT2D eigenvalue weighted by molar-refractivity contribution is 5.79. The molecule has 3 aliphatic rings. The molecule has 1 aromatic rings. The van der Waals surface area contributed by atoms with E-state index in [-0.39, 0.29) is 6.10 Å². The van der Waals surface area contributed by atoms with Crippen molar-refractivity contribution in [2.75, 3.05) is 46.1 Å². The van der Waals surface area contributed by atoms with Gasteiger partial charge in [-0.05, 0) is 50.4 Å². The van der Waals surface area contributed by atoms with Crippen molar-refractivity contribution in [3.05, 3.63) is 23.8 Å². The Morgan fingerprint density at radius 2 is 2.19 bits per heavy atom. The van der Waals surface area contributed by atoms with E-state index in [0.29, 0.717) is 19.4 Å². The Bertz CT molecular complexity index is 667. The minimum absolute atomic E-state index is 0.198. The summed E-state index contributed by atoms with van der Waals surface area (Å²) >= 11 is 0. The predicted molar refractivity (Wildman–Crippen MR) is 105 cm³/mol. The number of hydrogen-bond acceptors (Lipinski definition) is 5. The average Bonchev–Trinajstić information content (AvgIpc) is 3.34. The van der Waals surface area contributed by atoms with Crippen molar-refractivity contribution in [2.45, 2.75) is 38.3 Å². The Kier molecular flexibility index (Phi) is 5.99. The van der Waals surface area contributed by atoms with E-state index in [9.17, 15) is 0 Å². The van der Waals surface area contributed by atoms with Crippen LogP contribution in [0.3, 0.4) is 0 Å². The first-order valence-electron chi connectivity index (χ1n) is 10.1. The van der Waals surface area contributed by atoms with Crippen LogP contribution in [-0.4, -0.2) is 69.1 Å². The summed E-state index contributed by atoms with van der Waals surface area (Å²) in [5.41, 5.74) is 1.22. The van der Waals surface area contributed by atoms with Crippen LogP contribution >= 0.6 is 0 Å². The minimum atomic E-state index is 0.198. The molecule has 0 amide bonds. The number of morpholine rings is 1. The van der Waals surface area contributed by atoms with Gasteiger partial charge in [0, 0.05) is 25.7 Å². The van der Waals surface area contributed by atoms with Crippen molar-refractivity contribution in [1.82, 2.24) is 15.5 Å². The van der Waals surface area contributed by atoms with Gasteiger partial charge in [0.15, 0.2) is 17.5 Å². The van der Waals surface area contributed by atoms with Crippen LogP contribution in [0.25, 0.3) is 0 Å². The van der Waals surface area contributed by atoms with Gasteiger partial charge in [0.25, 0.3) is 0 Å². The summed E-state index contributed by atoms with van der Waals surface area (Å²) in [4.78, 5) is 7.30. The Hall–Kier alpha value is -1.99. The third-order valence-electron chi connectivity index (χ3n) is 5.40. The third kappa shape index (κ3) is 4.65. The number of guanidine groups is 1. The van der Waals surface area contributed by atoms with Crippen molar-refractivity contribution >= 4 is 5.96 Å². The lowest BCUT2D eigenvalue weighted by Crippen LogP contribution is -2.47. The topological polar surface area (TPSA) is 67.4 Å². The fourth-order valence-corrected chi connectivity index (χ4v) is 3.95. The molecule has 2 N–H and O–H groups in total. The second-order valence-electron chi connectivity index (χ2n) is 7.33. The maximum atomic E-state index is 6.01. The Morgan fingerprint density at radius 1 is 1.26 bits per heavy atom.